The van der Waals surface area contributed by atoms with Crippen molar-refractivity contribution in [1.29, 1.82) is 0 Å². The van der Waals surface area contributed by atoms with Crippen LogP contribution in [-0.2, 0) is 17.9 Å². The van der Waals surface area contributed by atoms with E-state index in [2.05, 4.69) is 22.8 Å². The van der Waals surface area contributed by atoms with Crippen LogP contribution >= 0.6 is 0 Å². The van der Waals surface area contributed by atoms with Gasteiger partial charge in [-0.05, 0) is 42.2 Å². The fourth-order valence-corrected chi connectivity index (χ4v) is 3.24. The van der Waals surface area contributed by atoms with Crippen molar-refractivity contribution < 1.29 is 9.59 Å². The van der Waals surface area contributed by atoms with Gasteiger partial charge in [-0.15, -0.1) is 0 Å². The van der Waals surface area contributed by atoms with Gasteiger partial charge < -0.3 is 15.5 Å². The van der Waals surface area contributed by atoms with Gasteiger partial charge in [0, 0.05) is 44.4 Å². The van der Waals surface area contributed by atoms with Crippen LogP contribution in [0.25, 0.3) is 0 Å². The first-order chi connectivity index (χ1) is 12.6. The van der Waals surface area contributed by atoms with Crippen LogP contribution in [0.1, 0.15) is 41.3 Å². The Morgan fingerprint density at radius 2 is 1.65 bits per heavy atom. The van der Waals surface area contributed by atoms with Crippen molar-refractivity contribution in [3.63, 3.8) is 0 Å². The molecule has 2 aromatic carbocycles. The summed E-state index contributed by atoms with van der Waals surface area (Å²) in [7, 11) is 0. The summed E-state index contributed by atoms with van der Waals surface area (Å²) in [4.78, 5) is 26.0. The average molecular weight is 351 g/mol. The second-order valence-electron chi connectivity index (χ2n) is 6.69. The fourth-order valence-electron chi connectivity index (χ4n) is 3.24. The summed E-state index contributed by atoms with van der Waals surface area (Å²) in [5, 5.41) is 6.20. The van der Waals surface area contributed by atoms with Gasteiger partial charge in [0.1, 0.15) is 0 Å². The summed E-state index contributed by atoms with van der Waals surface area (Å²) in [6.07, 6.45) is 2.12. The molecule has 0 aliphatic carbocycles. The third-order valence-corrected chi connectivity index (χ3v) is 4.45. The van der Waals surface area contributed by atoms with Gasteiger partial charge in [0.2, 0.25) is 5.91 Å². The highest BCUT2D eigenvalue weighted by molar-refractivity contribution is 5.97. The van der Waals surface area contributed by atoms with Gasteiger partial charge in [-0.3, -0.25) is 9.59 Å². The number of rotatable bonds is 6. The standard InChI is InChI=1S/C21H25N3O2/c1-16(25)23-20-12-18(15-22-14-17-7-3-2-4-8-17)11-19(13-20)21(26)24-9-5-6-10-24/h2-4,7-8,11-13,22H,5-6,9-10,14-15H2,1H3,(H,23,25). The highest BCUT2D eigenvalue weighted by Gasteiger charge is 2.20. The molecule has 0 bridgehead atoms. The number of benzene rings is 2. The lowest BCUT2D eigenvalue weighted by Crippen LogP contribution is -2.28. The predicted molar refractivity (Wildman–Crippen MR) is 103 cm³/mol. The molecule has 1 aliphatic rings. The molecule has 1 heterocycles. The lowest BCUT2D eigenvalue weighted by atomic mass is 10.1. The molecule has 0 unspecified atom stereocenters. The fraction of sp³-hybridized carbons (Fsp3) is 0.333. The Labute approximate surface area is 154 Å². The van der Waals surface area contributed by atoms with Crippen LogP contribution < -0.4 is 10.6 Å². The molecule has 1 aliphatic heterocycles. The molecule has 136 valence electrons. The van der Waals surface area contributed by atoms with E-state index >= 15 is 0 Å². The van der Waals surface area contributed by atoms with Crippen LogP contribution in [0.2, 0.25) is 0 Å². The van der Waals surface area contributed by atoms with Crippen molar-refractivity contribution in [2.45, 2.75) is 32.9 Å². The molecule has 26 heavy (non-hydrogen) atoms. The maximum Gasteiger partial charge on any atom is 0.253 e. The monoisotopic (exact) mass is 351 g/mol. The van der Waals surface area contributed by atoms with Gasteiger partial charge in [0.05, 0.1) is 0 Å². The smallest absolute Gasteiger partial charge is 0.253 e. The Balaban J connectivity index is 1.73. The number of hydrogen-bond donors (Lipinski definition) is 2. The van der Waals surface area contributed by atoms with Gasteiger partial charge >= 0.3 is 0 Å². The molecule has 5 heteroatoms. The van der Waals surface area contributed by atoms with Crippen molar-refractivity contribution >= 4 is 17.5 Å². The van der Waals surface area contributed by atoms with Crippen molar-refractivity contribution in [3.8, 4) is 0 Å². The molecule has 2 aromatic rings. The number of amides is 2. The molecule has 1 fully saturated rings. The Hall–Kier alpha value is -2.66. The van der Waals surface area contributed by atoms with Crippen molar-refractivity contribution in [2.24, 2.45) is 0 Å². The maximum atomic E-state index is 12.7. The van der Waals surface area contributed by atoms with Gasteiger partial charge in [-0.2, -0.15) is 0 Å². The number of anilines is 1. The van der Waals surface area contributed by atoms with E-state index < -0.39 is 0 Å². The number of carbonyl (C=O) groups is 2. The Kier molecular flexibility index (Phi) is 6.02. The average Bonchev–Trinajstić information content (AvgIpc) is 3.16. The number of hydrogen-bond acceptors (Lipinski definition) is 3. The molecule has 0 spiro atoms. The Morgan fingerprint density at radius 3 is 2.35 bits per heavy atom. The van der Waals surface area contributed by atoms with Crippen LogP contribution in [0.15, 0.2) is 48.5 Å². The molecule has 0 atom stereocenters. The summed E-state index contributed by atoms with van der Waals surface area (Å²) in [6.45, 7) is 4.47. The lowest BCUT2D eigenvalue weighted by molar-refractivity contribution is -0.114. The van der Waals surface area contributed by atoms with Gasteiger partial charge in [-0.25, -0.2) is 0 Å². The minimum absolute atomic E-state index is 0.0408. The van der Waals surface area contributed by atoms with Crippen LogP contribution in [0, 0.1) is 0 Å². The quantitative estimate of drug-likeness (QED) is 0.840. The molecular weight excluding hydrogens is 326 g/mol. The molecular formula is C21H25N3O2. The molecule has 1 saturated heterocycles. The van der Waals surface area contributed by atoms with Crippen molar-refractivity contribution in [3.05, 3.63) is 65.2 Å². The maximum absolute atomic E-state index is 12.7. The minimum atomic E-state index is -0.140. The van der Waals surface area contributed by atoms with E-state index in [0.29, 0.717) is 17.8 Å². The predicted octanol–water partition coefficient (Wildman–Crippen LogP) is 3.17. The molecule has 3 rings (SSSR count). The number of likely N-dealkylation sites (tertiary alicyclic amines) is 1. The second-order valence-corrected chi connectivity index (χ2v) is 6.69. The largest absolute Gasteiger partial charge is 0.339 e. The second kappa shape index (κ2) is 8.63. The van der Waals surface area contributed by atoms with E-state index in [0.717, 1.165) is 38.0 Å². The highest BCUT2D eigenvalue weighted by atomic mass is 16.2. The highest BCUT2D eigenvalue weighted by Crippen LogP contribution is 2.19. The van der Waals surface area contributed by atoms with Gasteiger partial charge in [0.15, 0.2) is 0 Å². The van der Waals surface area contributed by atoms with Crippen LogP contribution in [0.3, 0.4) is 0 Å². The van der Waals surface area contributed by atoms with Crippen LogP contribution in [0.5, 0.6) is 0 Å². The molecule has 0 aromatic heterocycles. The SMILES string of the molecule is CC(=O)Nc1cc(CNCc2ccccc2)cc(C(=O)N2CCCC2)c1. The van der Waals surface area contributed by atoms with E-state index in [1.54, 1.807) is 6.07 Å². The summed E-state index contributed by atoms with van der Waals surface area (Å²) in [6, 6.07) is 15.8. The molecule has 2 amide bonds. The Morgan fingerprint density at radius 1 is 0.962 bits per heavy atom. The Bertz CT molecular complexity index is 768. The molecule has 0 radical (unpaired) electrons. The van der Waals surface area contributed by atoms with E-state index in [-0.39, 0.29) is 11.8 Å². The van der Waals surface area contributed by atoms with Crippen LogP contribution in [-0.4, -0.2) is 29.8 Å². The van der Waals surface area contributed by atoms with Crippen LogP contribution in [0.4, 0.5) is 5.69 Å². The molecule has 0 saturated carbocycles. The van der Waals surface area contributed by atoms with E-state index in [1.165, 1.54) is 12.5 Å². The first kappa shape index (κ1) is 18.1. The van der Waals surface area contributed by atoms with Crippen molar-refractivity contribution in [1.82, 2.24) is 10.2 Å². The number of carbonyl (C=O) groups excluding carboxylic acids is 2. The first-order valence-electron chi connectivity index (χ1n) is 9.07. The molecule has 2 N–H and O–H groups in total. The summed E-state index contributed by atoms with van der Waals surface area (Å²) in [5.41, 5.74) is 3.49. The first-order valence-corrected chi connectivity index (χ1v) is 9.07. The third kappa shape index (κ3) is 4.92. The van der Waals surface area contributed by atoms with Gasteiger partial charge in [0.25, 0.3) is 5.91 Å². The summed E-state index contributed by atoms with van der Waals surface area (Å²) < 4.78 is 0. The van der Waals surface area contributed by atoms with E-state index in [9.17, 15) is 9.59 Å². The third-order valence-electron chi connectivity index (χ3n) is 4.45. The number of nitrogens with zero attached hydrogens (tertiary/aromatic N) is 1. The minimum Gasteiger partial charge on any atom is -0.339 e. The zero-order valence-electron chi connectivity index (χ0n) is 15.1. The zero-order chi connectivity index (χ0) is 18.4. The van der Waals surface area contributed by atoms with Crippen molar-refractivity contribution in [2.75, 3.05) is 18.4 Å². The normalized spacial score (nSPS) is 13.7. The van der Waals surface area contributed by atoms with Gasteiger partial charge in [-0.1, -0.05) is 30.3 Å². The lowest BCUT2D eigenvalue weighted by Gasteiger charge is -2.17. The van der Waals surface area contributed by atoms with E-state index in [1.807, 2.05) is 35.2 Å². The zero-order valence-corrected chi connectivity index (χ0v) is 15.1. The topological polar surface area (TPSA) is 61.4 Å². The molecule has 5 nitrogen and oxygen atoms in total. The van der Waals surface area contributed by atoms with E-state index in [4.69, 9.17) is 0 Å². The summed E-state index contributed by atoms with van der Waals surface area (Å²) >= 11 is 0. The summed E-state index contributed by atoms with van der Waals surface area (Å²) in [5.74, 6) is -0.0991. The number of nitrogens with one attached hydrogen (secondary N) is 2.